The predicted octanol–water partition coefficient (Wildman–Crippen LogP) is 2.30. The molecule has 8 heteroatoms. The molecule has 0 radical (unpaired) electrons. The van der Waals surface area contributed by atoms with Gasteiger partial charge >= 0.3 is 22.6 Å². The zero-order valence-electron chi connectivity index (χ0n) is 12.3. The van der Waals surface area contributed by atoms with Gasteiger partial charge in [0.05, 0.1) is 0 Å². The van der Waals surface area contributed by atoms with Gasteiger partial charge in [-0.2, -0.15) is 8.42 Å². The summed E-state index contributed by atoms with van der Waals surface area (Å²) in [7, 11) is -2.84. The summed E-state index contributed by atoms with van der Waals surface area (Å²) in [5.41, 5.74) is 1.54. The molecule has 0 spiro atoms. The van der Waals surface area contributed by atoms with Crippen LogP contribution in [0.25, 0.3) is 0 Å². The number of hydrogen-bond donors (Lipinski definition) is 0. The minimum Gasteiger partial charge on any atom is -0.459 e. The number of ether oxygens (including phenoxy) is 2. The Morgan fingerprint density at radius 3 is 2.09 bits per heavy atom. The molecule has 22 heavy (non-hydrogen) atoms. The van der Waals surface area contributed by atoms with Crippen LogP contribution >= 0.6 is 0 Å². The highest BCUT2D eigenvalue weighted by Crippen LogP contribution is 1.93. The van der Waals surface area contributed by atoms with E-state index in [0.29, 0.717) is 0 Å². The molecule has 0 heterocycles. The molecule has 0 atom stereocenters. The highest BCUT2D eigenvalue weighted by Gasteiger charge is 2.04. The Hall–Kier alpha value is -2.48. The van der Waals surface area contributed by atoms with Crippen LogP contribution in [0.3, 0.4) is 0 Å². The smallest absolute Gasteiger partial charge is 0.448 e. The summed E-state index contributed by atoms with van der Waals surface area (Å²) >= 11 is 0. The second-order valence-corrected chi connectivity index (χ2v) is 4.61. The van der Waals surface area contributed by atoms with Gasteiger partial charge < -0.3 is 9.47 Å². The van der Waals surface area contributed by atoms with E-state index >= 15 is 0 Å². The molecule has 0 N–H and O–H groups in total. The molecular formula is C14H17NO6S. The molecule has 1 aromatic carbocycles. The van der Waals surface area contributed by atoms with Crippen LogP contribution in [-0.2, 0) is 24.8 Å². The van der Waals surface area contributed by atoms with Crippen molar-refractivity contribution >= 4 is 22.6 Å². The fraction of sp³-hybridized carbons (Fsp3) is 0.286. The summed E-state index contributed by atoms with van der Waals surface area (Å²) < 4.78 is 31.1. The number of carbonyl (C=O) groups excluding carboxylic acids is 2. The quantitative estimate of drug-likeness (QED) is 0.478. The minimum absolute atomic E-state index is 0.182. The molecule has 0 aliphatic carbocycles. The van der Waals surface area contributed by atoms with Gasteiger partial charge in [-0.05, 0) is 13.8 Å². The summed E-state index contributed by atoms with van der Waals surface area (Å²) in [4.78, 5) is 21.3. The van der Waals surface area contributed by atoms with Gasteiger partial charge in [0.15, 0.2) is 0 Å². The first kappa shape index (κ1) is 19.5. The number of amides is 1. The largest absolute Gasteiger partial charge is 0.459 e. The molecule has 1 amide bonds. The lowest BCUT2D eigenvalue weighted by molar-refractivity contribution is -0.139. The maximum Gasteiger partial charge on any atom is 0.448 e. The zero-order chi connectivity index (χ0) is 17.0. The van der Waals surface area contributed by atoms with Gasteiger partial charge in [0, 0.05) is 5.57 Å². The van der Waals surface area contributed by atoms with E-state index in [-0.39, 0.29) is 18.8 Å². The molecule has 1 aromatic rings. The maximum atomic E-state index is 10.8. The van der Waals surface area contributed by atoms with E-state index in [0.717, 1.165) is 0 Å². The van der Waals surface area contributed by atoms with E-state index in [1.165, 1.54) is 12.5 Å². The molecule has 0 aliphatic rings. The fourth-order valence-electron chi connectivity index (χ4n) is 1.01. The molecule has 1 rings (SSSR count). The Bertz CT molecular complexity index is 629. The molecule has 0 aromatic heterocycles. The van der Waals surface area contributed by atoms with Gasteiger partial charge in [0.25, 0.3) is 0 Å². The number of nitrogens with zero attached hydrogens (tertiary/aromatic N) is 1. The van der Waals surface area contributed by atoms with Crippen molar-refractivity contribution in [2.45, 2.75) is 13.8 Å². The average molecular weight is 327 g/mol. The van der Waals surface area contributed by atoms with Crippen LogP contribution < -0.4 is 0 Å². The maximum absolute atomic E-state index is 10.8. The highest BCUT2D eigenvalue weighted by molar-refractivity contribution is 7.62. The Balaban J connectivity index is 0.000000518. The number of rotatable bonds is 4. The number of benzene rings is 1. The number of hydrogen-bond acceptors (Lipinski definition) is 6. The van der Waals surface area contributed by atoms with Crippen LogP contribution in [0.4, 0.5) is 4.79 Å². The van der Waals surface area contributed by atoms with Crippen molar-refractivity contribution < 1.29 is 27.5 Å². The summed E-state index contributed by atoms with van der Waals surface area (Å²) in [6, 6.07) is 10.3. The van der Waals surface area contributed by atoms with Gasteiger partial charge in [-0.25, -0.2) is 9.59 Å². The monoisotopic (exact) mass is 327 g/mol. The molecule has 0 unspecified atom stereocenters. The highest BCUT2D eigenvalue weighted by atomic mass is 32.2. The van der Waals surface area contributed by atoms with Crippen molar-refractivity contribution in [2.75, 3.05) is 13.2 Å². The topological polar surface area (TPSA) is 99.1 Å². The number of carbonyl (C=O) groups is 2. The van der Waals surface area contributed by atoms with E-state index in [1.54, 1.807) is 0 Å². The van der Waals surface area contributed by atoms with Crippen LogP contribution in [0.1, 0.15) is 12.5 Å². The molecule has 7 nitrogen and oxygen atoms in total. The molecule has 0 aliphatic heterocycles. The third-order valence-corrected chi connectivity index (χ3v) is 2.28. The van der Waals surface area contributed by atoms with Crippen molar-refractivity contribution in [2.24, 2.45) is 4.36 Å². The zero-order valence-corrected chi connectivity index (χ0v) is 13.1. The van der Waals surface area contributed by atoms with E-state index < -0.39 is 22.6 Å². The second-order valence-electron chi connectivity index (χ2n) is 3.99. The minimum atomic E-state index is -2.84. The van der Waals surface area contributed by atoms with E-state index in [9.17, 15) is 18.0 Å². The van der Waals surface area contributed by atoms with Crippen molar-refractivity contribution in [1.29, 1.82) is 0 Å². The molecule has 120 valence electrons. The number of aryl methyl sites for hydroxylation is 1. The van der Waals surface area contributed by atoms with Gasteiger partial charge in [-0.15, -0.1) is 0 Å². The molecule has 0 bridgehead atoms. The van der Waals surface area contributed by atoms with Gasteiger partial charge in [-0.1, -0.05) is 46.8 Å². The Kier molecular flexibility index (Phi) is 9.95. The Morgan fingerprint density at radius 1 is 1.14 bits per heavy atom. The first-order valence-electron chi connectivity index (χ1n) is 6.15. The lowest BCUT2D eigenvalue weighted by Crippen LogP contribution is -2.12. The van der Waals surface area contributed by atoms with E-state index in [1.807, 2.05) is 18.2 Å². The average Bonchev–Trinajstić information content (AvgIpc) is 2.44. The predicted molar refractivity (Wildman–Crippen MR) is 79.6 cm³/mol. The van der Waals surface area contributed by atoms with Crippen molar-refractivity contribution in [3.05, 3.63) is 48.0 Å². The van der Waals surface area contributed by atoms with Crippen LogP contribution in [0.2, 0.25) is 0 Å². The summed E-state index contributed by atoms with van der Waals surface area (Å²) in [5, 5.41) is 0. The summed E-state index contributed by atoms with van der Waals surface area (Å²) in [5.74, 6) is -0.615. The summed E-state index contributed by atoms with van der Waals surface area (Å²) in [6.45, 7) is 6.42. The first-order chi connectivity index (χ1) is 10.3. The second kappa shape index (κ2) is 11.2. The SMILES string of the molecule is C=C(C)C(=O)OCCOC(=O)N=S(=O)=O.Cc1ccccc1. The lowest BCUT2D eigenvalue weighted by Gasteiger charge is -2.02. The molecule has 0 saturated carbocycles. The third kappa shape index (κ3) is 11.4. The molecular weight excluding hydrogens is 310 g/mol. The third-order valence-electron chi connectivity index (χ3n) is 1.98. The van der Waals surface area contributed by atoms with Crippen molar-refractivity contribution in [1.82, 2.24) is 0 Å². The van der Waals surface area contributed by atoms with Crippen molar-refractivity contribution in [3.63, 3.8) is 0 Å². The molecule has 0 fully saturated rings. The van der Waals surface area contributed by atoms with E-state index in [2.05, 4.69) is 39.5 Å². The van der Waals surface area contributed by atoms with E-state index in [4.69, 9.17) is 0 Å². The van der Waals surface area contributed by atoms with Crippen LogP contribution in [0, 0.1) is 6.92 Å². The van der Waals surface area contributed by atoms with Crippen LogP contribution in [0.15, 0.2) is 46.8 Å². The van der Waals surface area contributed by atoms with Crippen LogP contribution in [0.5, 0.6) is 0 Å². The van der Waals surface area contributed by atoms with Gasteiger partial charge in [0.2, 0.25) is 0 Å². The first-order valence-corrected chi connectivity index (χ1v) is 7.18. The standard InChI is InChI=1S/C7H9NO6S.C7H8/c1-5(2)6(9)13-3-4-14-7(10)8-15(11)12;1-7-5-3-2-4-6-7/h1,3-4H2,2H3;2-6H,1H3. The van der Waals surface area contributed by atoms with Crippen LogP contribution in [-0.4, -0.2) is 33.7 Å². The Labute approximate surface area is 130 Å². The molecule has 0 saturated heterocycles. The van der Waals surface area contributed by atoms with Gasteiger partial charge in [-0.3, -0.25) is 0 Å². The number of esters is 1. The lowest BCUT2D eigenvalue weighted by atomic mass is 10.2. The Morgan fingerprint density at radius 2 is 1.68 bits per heavy atom. The summed E-state index contributed by atoms with van der Waals surface area (Å²) in [6.07, 6.45) is -1.25. The fourth-order valence-corrected chi connectivity index (χ4v) is 1.18. The van der Waals surface area contributed by atoms with Crippen molar-refractivity contribution in [3.8, 4) is 0 Å². The normalized spacial score (nSPS) is 8.82. The van der Waals surface area contributed by atoms with Gasteiger partial charge in [0.1, 0.15) is 13.2 Å².